The molecule has 0 saturated heterocycles. The summed E-state index contributed by atoms with van der Waals surface area (Å²) >= 11 is 0. The second-order valence-electron chi connectivity index (χ2n) is 5.30. The van der Waals surface area contributed by atoms with Gasteiger partial charge in [-0.25, -0.2) is 4.39 Å². The minimum Gasteiger partial charge on any atom is -0.324 e. The molecule has 2 heteroatoms. The first kappa shape index (κ1) is 13.8. The lowest BCUT2D eigenvalue weighted by atomic mass is 9.94. The van der Waals surface area contributed by atoms with Crippen molar-refractivity contribution in [3.63, 3.8) is 0 Å². The van der Waals surface area contributed by atoms with Gasteiger partial charge in [0.2, 0.25) is 0 Å². The van der Waals surface area contributed by atoms with Crippen LogP contribution in [0, 0.1) is 26.6 Å². The van der Waals surface area contributed by atoms with E-state index < -0.39 is 0 Å². The molecule has 0 amide bonds. The van der Waals surface area contributed by atoms with Crippen molar-refractivity contribution >= 4 is 0 Å². The van der Waals surface area contributed by atoms with Crippen LogP contribution >= 0.6 is 0 Å². The molecule has 0 heterocycles. The predicted molar refractivity (Wildman–Crippen MR) is 77.7 cm³/mol. The van der Waals surface area contributed by atoms with Gasteiger partial charge in [0.05, 0.1) is 0 Å². The van der Waals surface area contributed by atoms with Crippen LogP contribution < -0.4 is 5.73 Å². The second kappa shape index (κ2) is 5.54. The van der Waals surface area contributed by atoms with Crippen molar-refractivity contribution in [2.24, 2.45) is 5.73 Å². The van der Waals surface area contributed by atoms with Gasteiger partial charge in [-0.2, -0.15) is 0 Å². The normalized spacial score (nSPS) is 12.5. The molecule has 0 spiro atoms. The first-order chi connectivity index (χ1) is 8.95. The number of aryl methyl sites for hydroxylation is 3. The SMILES string of the molecule is Cc1cc(C)cc(C(N)Cc2cc(F)ccc2C)c1. The highest BCUT2D eigenvalue weighted by molar-refractivity contribution is 5.33. The van der Waals surface area contributed by atoms with Crippen LogP contribution in [0.25, 0.3) is 0 Å². The van der Waals surface area contributed by atoms with Gasteiger partial charge in [0.25, 0.3) is 0 Å². The van der Waals surface area contributed by atoms with Gasteiger partial charge in [0.15, 0.2) is 0 Å². The monoisotopic (exact) mass is 257 g/mol. The Bertz CT molecular complexity index is 570. The zero-order valence-electron chi connectivity index (χ0n) is 11.7. The lowest BCUT2D eigenvalue weighted by molar-refractivity contribution is 0.621. The zero-order valence-corrected chi connectivity index (χ0v) is 11.7. The highest BCUT2D eigenvalue weighted by Crippen LogP contribution is 2.21. The molecule has 2 aromatic carbocycles. The second-order valence-corrected chi connectivity index (χ2v) is 5.30. The summed E-state index contributed by atoms with van der Waals surface area (Å²) in [6.07, 6.45) is 0.659. The van der Waals surface area contributed by atoms with E-state index in [2.05, 4.69) is 32.0 Å². The van der Waals surface area contributed by atoms with E-state index in [0.29, 0.717) is 6.42 Å². The van der Waals surface area contributed by atoms with Crippen molar-refractivity contribution in [2.45, 2.75) is 33.2 Å². The molecule has 1 unspecified atom stereocenters. The standard InChI is InChI=1S/C17H20FN/c1-11-6-12(2)8-15(7-11)17(19)10-14-9-16(18)5-4-13(14)3/h4-9,17H,10,19H2,1-3H3. The van der Waals surface area contributed by atoms with E-state index in [-0.39, 0.29) is 11.9 Å². The Labute approximate surface area is 114 Å². The number of nitrogens with two attached hydrogens (primary N) is 1. The molecule has 0 aliphatic carbocycles. The van der Waals surface area contributed by atoms with E-state index in [1.165, 1.54) is 17.2 Å². The molecular formula is C17H20FN. The summed E-state index contributed by atoms with van der Waals surface area (Å²) in [6.45, 7) is 6.12. The van der Waals surface area contributed by atoms with Crippen LogP contribution in [-0.2, 0) is 6.42 Å². The van der Waals surface area contributed by atoms with Crippen LogP contribution in [0.3, 0.4) is 0 Å². The van der Waals surface area contributed by atoms with E-state index in [0.717, 1.165) is 16.7 Å². The minimum atomic E-state index is -0.201. The number of hydrogen-bond acceptors (Lipinski definition) is 1. The molecule has 2 N–H and O–H groups in total. The van der Waals surface area contributed by atoms with Crippen molar-refractivity contribution in [1.82, 2.24) is 0 Å². The largest absolute Gasteiger partial charge is 0.324 e. The molecule has 2 aromatic rings. The lowest BCUT2D eigenvalue weighted by Crippen LogP contribution is -2.14. The first-order valence-corrected chi connectivity index (χ1v) is 6.54. The summed E-state index contributed by atoms with van der Waals surface area (Å²) in [6, 6.07) is 11.1. The third kappa shape index (κ3) is 3.42. The van der Waals surface area contributed by atoms with Crippen molar-refractivity contribution in [3.05, 3.63) is 70.0 Å². The maximum absolute atomic E-state index is 13.3. The van der Waals surface area contributed by atoms with Crippen molar-refractivity contribution in [2.75, 3.05) is 0 Å². The summed E-state index contributed by atoms with van der Waals surface area (Å²) in [7, 11) is 0. The lowest BCUT2D eigenvalue weighted by Gasteiger charge is -2.15. The molecular weight excluding hydrogens is 237 g/mol. The molecule has 19 heavy (non-hydrogen) atoms. The summed E-state index contributed by atoms with van der Waals surface area (Å²) in [5.74, 6) is -0.201. The number of rotatable bonds is 3. The Balaban J connectivity index is 2.25. The molecule has 0 aliphatic rings. The minimum absolute atomic E-state index is 0.0981. The van der Waals surface area contributed by atoms with Crippen molar-refractivity contribution < 1.29 is 4.39 Å². The van der Waals surface area contributed by atoms with Gasteiger partial charge in [-0.15, -0.1) is 0 Å². The van der Waals surface area contributed by atoms with Gasteiger partial charge in [0, 0.05) is 6.04 Å². The highest BCUT2D eigenvalue weighted by Gasteiger charge is 2.10. The van der Waals surface area contributed by atoms with Crippen LogP contribution in [0.1, 0.15) is 33.9 Å². The summed E-state index contributed by atoms with van der Waals surface area (Å²) in [5, 5.41) is 0. The fourth-order valence-corrected chi connectivity index (χ4v) is 2.44. The maximum atomic E-state index is 13.3. The molecule has 1 nitrogen and oxygen atoms in total. The van der Waals surface area contributed by atoms with Crippen molar-refractivity contribution in [1.29, 1.82) is 0 Å². The van der Waals surface area contributed by atoms with Crippen LogP contribution in [0.15, 0.2) is 36.4 Å². The van der Waals surface area contributed by atoms with E-state index in [9.17, 15) is 4.39 Å². The average Bonchev–Trinajstić information content (AvgIpc) is 2.32. The van der Waals surface area contributed by atoms with Gasteiger partial charge in [-0.1, -0.05) is 35.4 Å². The Morgan fingerprint density at radius 2 is 1.63 bits per heavy atom. The van der Waals surface area contributed by atoms with Crippen LogP contribution in [0.2, 0.25) is 0 Å². The molecule has 0 fully saturated rings. The summed E-state index contributed by atoms with van der Waals surface area (Å²) in [4.78, 5) is 0. The molecule has 0 saturated carbocycles. The average molecular weight is 257 g/mol. The maximum Gasteiger partial charge on any atom is 0.123 e. The summed E-state index contributed by atoms with van der Waals surface area (Å²) in [5.41, 5.74) is 11.9. The number of halogens is 1. The van der Waals surface area contributed by atoms with Gasteiger partial charge >= 0.3 is 0 Å². The Kier molecular flexibility index (Phi) is 4.01. The Morgan fingerprint density at radius 1 is 1.00 bits per heavy atom. The molecule has 0 bridgehead atoms. The molecule has 0 radical (unpaired) electrons. The van der Waals surface area contributed by atoms with Crippen LogP contribution in [0.5, 0.6) is 0 Å². The third-order valence-electron chi connectivity index (χ3n) is 3.42. The van der Waals surface area contributed by atoms with Gasteiger partial charge < -0.3 is 5.73 Å². The fraction of sp³-hybridized carbons (Fsp3) is 0.294. The Morgan fingerprint density at radius 3 is 2.26 bits per heavy atom. The molecule has 100 valence electrons. The molecule has 0 aromatic heterocycles. The topological polar surface area (TPSA) is 26.0 Å². The van der Waals surface area contributed by atoms with E-state index in [4.69, 9.17) is 5.73 Å². The number of benzene rings is 2. The number of hydrogen-bond donors (Lipinski definition) is 1. The predicted octanol–water partition coefficient (Wildman–Crippen LogP) is 3.99. The Hall–Kier alpha value is -1.67. The van der Waals surface area contributed by atoms with Gasteiger partial charge in [-0.05, 0) is 56.0 Å². The fourth-order valence-electron chi connectivity index (χ4n) is 2.44. The first-order valence-electron chi connectivity index (χ1n) is 6.54. The zero-order chi connectivity index (χ0) is 14.0. The summed E-state index contributed by atoms with van der Waals surface area (Å²) < 4.78 is 13.3. The highest BCUT2D eigenvalue weighted by atomic mass is 19.1. The van der Waals surface area contributed by atoms with Gasteiger partial charge in [0.1, 0.15) is 5.82 Å². The smallest absolute Gasteiger partial charge is 0.123 e. The molecule has 2 rings (SSSR count). The third-order valence-corrected chi connectivity index (χ3v) is 3.42. The van der Waals surface area contributed by atoms with E-state index >= 15 is 0 Å². The molecule has 0 aliphatic heterocycles. The van der Waals surface area contributed by atoms with E-state index in [1.54, 1.807) is 12.1 Å². The quantitative estimate of drug-likeness (QED) is 0.884. The van der Waals surface area contributed by atoms with Crippen LogP contribution in [-0.4, -0.2) is 0 Å². The van der Waals surface area contributed by atoms with Gasteiger partial charge in [-0.3, -0.25) is 0 Å². The van der Waals surface area contributed by atoms with E-state index in [1.807, 2.05) is 6.92 Å². The van der Waals surface area contributed by atoms with Crippen LogP contribution in [0.4, 0.5) is 4.39 Å². The molecule has 1 atom stereocenters. The van der Waals surface area contributed by atoms with Crippen molar-refractivity contribution in [3.8, 4) is 0 Å².